The number of guanidine groups is 1. The molecule has 0 bridgehead atoms. The van der Waals surface area contributed by atoms with Gasteiger partial charge in [-0.3, -0.25) is 4.79 Å². The number of aliphatic imine (C=N–C) groups is 1. The summed E-state index contributed by atoms with van der Waals surface area (Å²) in [4.78, 5) is 17.4. The molecule has 0 spiro atoms. The van der Waals surface area contributed by atoms with E-state index in [2.05, 4.69) is 34.0 Å². The van der Waals surface area contributed by atoms with Crippen LogP contribution in [-0.2, 0) is 13.1 Å². The number of hydrogen-bond acceptors (Lipinski definition) is 3. The molecule has 0 atom stereocenters. The second-order valence-corrected chi connectivity index (χ2v) is 6.17. The van der Waals surface area contributed by atoms with Crippen molar-refractivity contribution in [2.75, 3.05) is 13.1 Å². The third-order valence-electron chi connectivity index (χ3n) is 3.33. The number of thiophene rings is 1. The Bertz CT molecular complexity index is 649. The Labute approximate surface area is 141 Å². The first kappa shape index (κ1) is 17.3. The molecule has 0 radical (unpaired) electrons. The fourth-order valence-corrected chi connectivity index (χ4v) is 2.79. The van der Waals surface area contributed by atoms with Crippen LogP contribution in [0.4, 0.5) is 0 Å². The van der Waals surface area contributed by atoms with Crippen LogP contribution in [-0.4, -0.2) is 23.6 Å². The molecule has 0 saturated carbocycles. The highest BCUT2D eigenvalue weighted by Crippen LogP contribution is 2.09. The lowest BCUT2D eigenvalue weighted by Crippen LogP contribution is -2.37. The molecule has 2 heterocycles. The summed E-state index contributed by atoms with van der Waals surface area (Å²) >= 11 is 1.72. The molecule has 6 heteroatoms. The smallest absolute Gasteiger partial charge is 0.250 e. The monoisotopic (exact) mass is 332 g/mol. The molecule has 2 N–H and O–H groups in total. The van der Waals surface area contributed by atoms with E-state index in [4.69, 9.17) is 0 Å². The van der Waals surface area contributed by atoms with E-state index < -0.39 is 0 Å². The van der Waals surface area contributed by atoms with Crippen LogP contribution in [0.15, 0.2) is 51.7 Å². The zero-order valence-corrected chi connectivity index (χ0v) is 14.3. The number of aryl methyl sites for hydroxylation is 1. The van der Waals surface area contributed by atoms with Gasteiger partial charge in [-0.05, 0) is 37.3 Å². The van der Waals surface area contributed by atoms with Crippen molar-refractivity contribution in [3.05, 3.63) is 57.1 Å². The Morgan fingerprint density at radius 3 is 2.87 bits per heavy atom. The van der Waals surface area contributed by atoms with Gasteiger partial charge in [-0.2, -0.15) is 0 Å². The summed E-state index contributed by atoms with van der Waals surface area (Å²) < 4.78 is 1.75. The number of pyridine rings is 1. The highest BCUT2D eigenvalue weighted by atomic mass is 32.1. The normalized spacial score (nSPS) is 11.4. The Morgan fingerprint density at radius 1 is 1.22 bits per heavy atom. The van der Waals surface area contributed by atoms with Crippen LogP contribution < -0.4 is 16.2 Å². The van der Waals surface area contributed by atoms with E-state index in [1.54, 1.807) is 28.0 Å². The van der Waals surface area contributed by atoms with Gasteiger partial charge in [-0.1, -0.05) is 12.1 Å². The van der Waals surface area contributed by atoms with E-state index in [0.717, 1.165) is 38.4 Å². The lowest BCUT2D eigenvalue weighted by molar-refractivity contribution is 0.585. The van der Waals surface area contributed by atoms with E-state index >= 15 is 0 Å². The van der Waals surface area contributed by atoms with Crippen LogP contribution in [0.2, 0.25) is 0 Å². The number of nitrogens with zero attached hydrogens (tertiary/aromatic N) is 2. The molecule has 0 aromatic carbocycles. The molecule has 0 aliphatic heterocycles. The summed E-state index contributed by atoms with van der Waals surface area (Å²) in [7, 11) is 0. The molecule has 0 aliphatic rings. The minimum atomic E-state index is 0.0614. The first-order valence-corrected chi connectivity index (χ1v) is 8.87. The molecule has 0 saturated heterocycles. The summed E-state index contributed by atoms with van der Waals surface area (Å²) in [5.74, 6) is 0.845. The number of unbranched alkanes of at least 4 members (excludes halogenated alkanes) is 1. The van der Waals surface area contributed by atoms with Crippen molar-refractivity contribution in [3.8, 4) is 0 Å². The number of hydrogen-bond donors (Lipinski definition) is 2. The Kier molecular flexibility index (Phi) is 7.39. The molecule has 23 heavy (non-hydrogen) atoms. The van der Waals surface area contributed by atoms with Crippen LogP contribution in [0.5, 0.6) is 0 Å². The van der Waals surface area contributed by atoms with Crippen molar-refractivity contribution in [1.82, 2.24) is 15.2 Å². The predicted molar refractivity (Wildman–Crippen MR) is 97.1 cm³/mol. The van der Waals surface area contributed by atoms with Gasteiger partial charge in [-0.25, -0.2) is 4.99 Å². The van der Waals surface area contributed by atoms with Crippen molar-refractivity contribution in [3.63, 3.8) is 0 Å². The van der Waals surface area contributed by atoms with Crippen LogP contribution in [0.3, 0.4) is 0 Å². The first-order chi connectivity index (χ1) is 11.3. The maximum absolute atomic E-state index is 11.6. The number of nitrogens with one attached hydrogen (secondary N) is 2. The fraction of sp³-hybridized carbons (Fsp3) is 0.412. The van der Waals surface area contributed by atoms with Gasteiger partial charge in [0.25, 0.3) is 0 Å². The van der Waals surface area contributed by atoms with E-state index in [-0.39, 0.29) is 5.56 Å². The Hall–Kier alpha value is -2.08. The minimum Gasteiger partial charge on any atom is -0.357 e. The Morgan fingerprint density at radius 2 is 2.13 bits per heavy atom. The van der Waals surface area contributed by atoms with Gasteiger partial charge < -0.3 is 15.2 Å². The Balaban J connectivity index is 1.70. The largest absolute Gasteiger partial charge is 0.357 e. The maximum Gasteiger partial charge on any atom is 0.250 e. The van der Waals surface area contributed by atoms with Gasteiger partial charge in [0.1, 0.15) is 0 Å². The fourth-order valence-electron chi connectivity index (χ4n) is 2.16. The van der Waals surface area contributed by atoms with Crippen LogP contribution >= 0.6 is 11.3 Å². The lowest BCUT2D eigenvalue weighted by atomic mass is 10.3. The topological polar surface area (TPSA) is 58.4 Å². The minimum absolute atomic E-state index is 0.0614. The van der Waals surface area contributed by atoms with Crippen molar-refractivity contribution < 1.29 is 0 Å². The van der Waals surface area contributed by atoms with Crippen molar-refractivity contribution >= 4 is 17.3 Å². The number of rotatable bonds is 8. The molecule has 0 unspecified atom stereocenters. The summed E-state index contributed by atoms with van der Waals surface area (Å²) in [5, 5.41) is 8.66. The maximum atomic E-state index is 11.6. The third-order valence-corrected chi connectivity index (χ3v) is 4.20. The summed E-state index contributed by atoms with van der Waals surface area (Å²) in [6, 6.07) is 9.39. The van der Waals surface area contributed by atoms with Gasteiger partial charge in [0.05, 0.1) is 6.54 Å². The van der Waals surface area contributed by atoms with Crippen LogP contribution in [0.25, 0.3) is 0 Å². The van der Waals surface area contributed by atoms with Gasteiger partial charge in [-0.15, -0.1) is 11.3 Å². The van der Waals surface area contributed by atoms with Crippen LogP contribution in [0, 0.1) is 0 Å². The molecule has 0 fully saturated rings. The second kappa shape index (κ2) is 9.84. The van der Waals surface area contributed by atoms with Crippen molar-refractivity contribution in [1.29, 1.82) is 0 Å². The summed E-state index contributed by atoms with van der Waals surface area (Å²) in [5.41, 5.74) is 0.0614. The zero-order valence-electron chi connectivity index (χ0n) is 13.5. The average Bonchev–Trinajstić information content (AvgIpc) is 3.07. The molecule has 124 valence electrons. The van der Waals surface area contributed by atoms with E-state index in [9.17, 15) is 4.79 Å². The highest BCUT2D eigenvalue weighted by molar-refractivity contribution is 7.09. The highest BCUT2D eigenvalue weighted by Gasteiger charge is 1.99. The van der Waals surface area contributed by atoms with Crippen molar-refractivity contribution in [2.45, 2.75) is 32.9 Å². The zero-order chi connectivity index (χ0) is 16.3. The first-order valence-electron chi connectivity index (χ1n) is 7.99. The summed E-state index contributed by atoms with van der Waals surface area (Å²) in [6.07, 6.45) is 3.79. The second-order valence-electron chi connectivity index (χ2n) is 5.14. The SMILES string of the molecule is CCNC(=NCc1cccs1)NCCCCn1ccccc1=O. The molecule has 2 aromatic rings. The van der Waals surface area contributed by atoms with Gasteiger partial charge in [0, 0.05) is 36.8 Å². The van der Waals surface area contributed by atoms with Crippen molar-refractivity contribution in [2.24, 2.45) is 4.99 Å². The van der Waals surface area contributed by atoms with E-state index in [1.807, 2.05) is 18.3 Å². The quantitative estimate of drug-likeness (QED) is 0.443. The summed E-state index contributed by atoms with van der Waals surface area (Å²) in [6.45, 7) is 5.20. The number of aromatic nitrogens is 1. The van der Waals surface area contributed by atoms with E-state index in [0.29, 0.717) is 6.54 Å². The molecule has 2 rings (SSSR count). The standard InChI is InChI=1S/C17H24N4OS/c1-2-18-17(20-14-15-8-7-13-23-15)19-10-4-6-12-21-11-5-3-9-16(21)22/h3,5,7-9,11,13H,2,4,6,10,12,14H2,1H3,(H2,18,19,20). The van der Waals surface area contributed by atoms with Gasteiger partial charge in [0.15, 0.2) is 5.96 Å². The molecule has 0 amide bonds. The third kappa shape index (κ3) is 6.28. The molecular weight excluding hydrogens is 308 g/mol. The van der Waals surface area contributed by atoms with E-state index in [1.165, 1.54) is 4.88 Å². The molecule has 5 nitrogen and oxygen atoms in total. The molecule has 2 aromatic heterocycles. The molecule has 0 aliphatic carbocycles. The van der Waals surface area contributed by atoms with Gasteiger partial charge in [0.2, 0.25) is 5.56 Å². The predicted octanol–water partition coefficient (Wildman–Crippen LogP) is 2.45. The van der Waals surface area contributed by atoms with Gasteiger partial charge >= 0.3 is 0 Å². The average molecular weight is 332 g/mol. The molecular formula is C17H24N4OS. The van der Waals surface area contributed by atoms with Crippen LogP contribution in [0.1, 0.15) is 24.6 Å². The lowest BCUT2D eigenvalue weighted by Gasteiger charge is -2.11.